The normalized spacial score (nSPS) is 13.2. The number of nitrogens with two attached hydrogens (primary N) is 1. The van der Waals surface area contributed by atoms with Crippen LogP contribution < -0.4 is 11.1 Å². The Hall–Kier alpha value is -1.35. The molecule has 106 valence electrons. The Labute approximate surface area is 116 Å². The second-order valence-electron chi connectivity index (χ2n) is 6.37. The van der Waals surface area contributed by atoms with Gasteiger partial charge in [-0.1, -0.05) is 39.8 Å². The second-order valence-corrected chi connectivity index (χ2v) is 6.37. The summed E-state index contributed by atoms with van der Waals surface area (Å²) in [5, 5.41) is 2.99. The number of benzene rings is 1. The molecule has 0 aromatic heterocycles. The third-order valence-corrected chi connectivity index (χ3v) is 3.31. The number of carbonyl (C=O) groups excluding carboxylic acids is 1. The molecule has 0 bridgehead atoms. The molecule has 0 saturated heterocycles. The van der Waals surface area contributed by atoms with Gasteiger partial charge < -0.3 is 11.1 Å². The summed E-state index contributed by atoms with van der Waals surface area (Å²) >= 11 is 0. The highest BCUT2D eigenvalue weighted by atomic mass is 16.1. The van der Waals surface area contributed by atoms with E-state index in [2.05, 4.69) is 44.3 Å². The van der Waals surface area contributed by atoms with Crippen LogP contribution in [0.3, 0.4) is 0 Å². The highest BCUT2D eigenvalue weighted by molar-refractivity contribution is 5.91. The summed E-state index contributed by atoms with van der Waals surface area (Å²) < 4.78 is 0. The van der Waals surface area contributed by atoms with Crippen LogP contribution in [0.1, 0.15) is 45.2 Å². The molecule has 3 nitrogen and oxygen atoms in total. The van der Waals surface area contributed by atoms with Crippen molar-refractivity contribution < 1.29 is 4.79 Å². The molecule has 3 heteroatoms. The molecule has 0 radical (unpaired) electrons. The smallest absolute Gasteiger partial charge is 0.224 e. The van der Waals surface area contributed by atoms with E-state index in [0.29, 0.717) is 13.0 Å². The predicted octanol–water partition coefficient (Wildman–Crippen LogP) is 3.22. The molecule has 1 rings (SSSR count). The van der Waals surface area contributed by atoms with Crippen LogP contribution in [-0.2, 0) is 10.2 Å². The lowest BCUT2D eigenvalue weighted by molar-refractivity contribution is -0.116. The molecule has 3 N–H and O–H groups in total. The van der Waals surface area contributed by atoms with E-state index in [9.17, 15) is 4.79 Å². The Bertz CT molecular complexity index is 447. The summed E-state index contributed by atoms with van der Waals surface area (Å²) in [6, 6.07) is 6.25. The average Bonchev–Trinajstić information content (AvgIpc) is 2.30. The van der Waals surface area contributed by atoms with Gasteiger partial charge in [0.15, 0.2) is 0 Å². The Morgan fingerprint density at radius 1 is 1.37 bits per heavy atom. The van der Waals surface area contributed by atoms with Crippen molar-refractivity contribution in [3.8, 4) is 0 Å². The van der Waals surface area contributed by atoms with Crippen LogP contribution in [-0.4, -0.2) is 12.5 Å². The van der Waals surface area contributed by atoms with Crippen molar-refractivity contribution in [2.75, 3.05) is 11.9 Å². The fraction of sp³-hybridized carbons (Fsp3) is 0.562. The molecule has 0 aliphatic rings. The van der Waals surface area contributed by atoms with Gasteiger partial charge in [-0.15, -0.1) is 0 Å². The standard InChI is InChI=1S/C16H26N2O/c1-11(10-17)8-15(19)18-14-9-13(16(3,4)5)7-6-12(14)2/h6-7,9,11H,8,10,17H2,1-5H3,(H,18,19). The van der Waals surface area contributed by atoms with Gasteiger partial charge in [-0.25, -0.2) is 0 Å². The summed E-state index contributed by atoms with van der Waals surface area (Å²) in [5.74, 6) is 0.248. The number of aryl methyl sites for hydroxylation is 1. The van der Waals surface area contributed by atoms with Crippen molar-refractivity contribution in [3.05, 3.63) is 29.3 Å². The van der Waals surface area contributed by atoms with Gasteiger partial charge in [0.25, 0.3) is 0 Å². The molecule has 1 amide bonds. The summed E-state index contributed by atoms with van der Waals surface area (Å²) in [6.45, 7) is 11.0. The maximum Gasteiger partial charge on any atom is 0.224 e. The zero-order valence-corrected chi connectivity index (χ0v) is 12.7. The lowest BCUT2D eigenvalue weighted by atomic mass is 9.86. The molecule has 0 saturated carbocycles. The average molecular weight is 262 g/mol. The number of hydrogen-bond acceptors (Lipinski definition) is 2. The minimum absolute atomic E-state index is 0.0344. The summed E-state index contributed by atoms with van der Waals surface area (Å²) in [7, 11) is 0. The predicted molar refractivity (Wildman–Crippen MR) is 81.3 cm³/mol. The third kappa shape index (κ3) is 4.67. The topological polar surface area (TPSA) is 55.1 Å². The number of rotatable bonds is 4. The van der Waals surface area contributed by atoms with Gasteiger partial charge in [0.2, 0.25) is 5.91 Å². The maximum atomic E-state index is 11.9. The van der Waals surface area contributed by atoms with Crippen molar-refractivity contribution in [3.63, 3.8) is 0 Å². The second kappa shape index (κ2) is 6.20. The fourth-order valence-electron chi connectivity index (χ4n) is 1.82. The quantitative estimate of drug-likeness (QED) is 0.875. The first-order chi connectivity index (χ1) is 8.74. The molecule has 0 heterocycles. The van der Waals surface area contributed by atoms with E-state index in [0.717, 1.165) is 11.3 Å². The van der Waals surface area contributed by atoms with Gasteiger partial charge in [-0.2, -0.15) is 0 Å². The van der Waals surface area contributed by atoms with Crippen LogP contribution >= 0.6 is 0 Å². The van der Waals surface area contributed by atoms with Crippen LogP contribution in [0.5, 0.6) is 0 Å². The Kier molecular flexibility index (Phi) is 5.12. The van der Waals surface area contributed by atoms with Crippen LogP contribution in [0, 0.1) is 12.8 Å². The maximum absolute atomic E-state index is 11.9. The molecule has 19 heavy (non-hydrogen) atoms. The summed E-state index contributed by atoms with van der Waals surface area (Å²) in [6.07, 6.45) is 0.468. The molecule has 1 aromatic rings. The van der Waals surface area contributed by atoms with Crippen LogP contribution in [0.2, 0.25) is 0 Å². The Morgan fingerprint density at radius 3 is 2.53 bits per heavy atom. The van der Waals surface area contributed by atoms with E-state index in [1.807, 2.05) is 13.8 Å². The lowest BCUT2D eigenvalue weighted by Gasteiger charge is -2.21. The molecule has 0 aliphatic carbocycles. The molecule has 0 spiro atoms. The SMILES string of the molecule is Cc1ccc(C(C)(C)C)cc1NC(=O)CC(C)CN. The van der Waals surface area contributed by atoms with Gasteiger partial charge in [0.05, 0.1) is 0 Å². The largest absolute Gasteiger partial charge is 0.330 e. The first-order valence-corrected chi connectivity index (χ1v) is 6.85. The monoisotopic (exact) mass is 262 g/mol. The molecule has 0 fully saturated rings. The Morgan fingerprint density at radius 2 is 2.00 bits per heavy atom. The molecular formula is C16H26N2O. The molecule has 1 unspecified atom stereocenters. The van der Waals surface area contributed by atoms with Crippen LogP contribution in [0.15, 0.2) is 18.2 Å². The van der Waals surface area contributed by atoms with Crippen LogP contribution in [0.4, 0.5) is 5.69 Å². The van der Waals surface area contributed by atoms with E-state index in [1.165, 1.54) is 5.56 Å². The number of nitrogens with one attached hydrogen (secondary N) is 1. The molecule has 0 aliphatic heterocycles. The highest BCUT2D eigenvalue weighted by Gasteiger charge is 2.16. The minimum atomic E-state index is 0.0344. The fourth-order valence-corrected chi connectivity index (χ4v) is 1.82. The Balaban J connectivity index is 2.86. The number of carbonyl (C=O) groups is 1. The highest BCUT2D eigenvalue weighted by Crippen LogP contribution is 2.27. The number of amides is 1. The summed E-state index contributed by atoms with van der Waals surface area (Å²) in [5.41, 5.74) is 8.84. The van der Waals surface area contributed by atoms with E-state index in [-0.39, 0.29) is 17.2 Å². The van der Waals surface area contributed by atoms with Crippen molar-refractivity contribution in [1.82, 2.24) is 0 Å². The zero-order chi connectivity index (χ0) is 14.6. The van der Waals surface area contributed by atoms with Crippen molar-refractivity contribution in [2.24, 2.45) is 11.7 Å². The van der Waals surface area contributed by atoms with Gasteiger partial charge in [0.1, 0.15) is 0 Å². The number of anilines is 1. The van der Waals surface area contributed by atoms with Crippen molar-refractivity contribution in [1.29, 1.82) is 0 Å². The lowest BCUT2D eigenvalue weighted by Crippen LogP contribution is -2.21. The third-order valence-electron chi connectivity index (χ3n) is 3.31. The van der Waals surface area contributed by atoms with Crippen molar-refractivity contribution >= 4 is 11.6 Å². The van der Waals surface area contributed by atoms with Crippen molar-refractivity contribution in [2.45, 2.75) is 46.5 Å². The van der Waals surface area contributed by atoms with Gasteiger partial charge >= 0.3 is 0 Å². The van der Waals surface area contributed by atoms with Gasteiger partial charge in [-0.3, -0.25) is 4.79 Å². The first-order valence-electron chi connectivity index (χ1n) is 6.85. The molecule has 1 atom stereocenters. The van der Waals surface area contributed by atoms with E-state index in [1.54, 1.807) is 0 Å². The number of hydrogen-bond donors (Lipinski definition) is 2. The van der Waals surface area contributed by atoms with Gasteiger partial charge in [-0.05, 0) is 42.0 Å². The zero-order valence-electron chi connectivity index (χ0n) is 12.7. The first kappa shape index (κ1) is 15.7. The molecule has 1 aromatic carbocycles. The van der Waals surface area contributed by atoms with Crippen LogP contribution in [0.25, 0.3) is 0 Å². The summed E-state index contributed by atoms with van der Waals surface area (Å²) in [4.78, 5) is 11.9. The van der Waals surface area contributed by atoms with Gasteiger partial charge in [0, 0.05) is 12.1 Å². The minimum Gasteiger partial charge on any atom is -0.330 e. The van der Waals surface area contributed by atoms with E-state index < -0.39 is 0 Å². The molecular weight excluding hydrogens is 236 g/mol. The van der Waals surface area contributed by atoms with E-state index >= 15 is 0 Å². The van der Waals surface area contributed by atoms with E-state index in [4.69, 9.17) is 5.73 Å².